The molecule has 30 heavy (non-hydrogen) atoms. The highest BCUT2D eigenvalue weighted by atomic mass is 31.2. The summed E-state index contributed by atoms with van der Waals surface area (Å²) in [5.41, 5.74) is -1.25. The van der Waals surface area contributed by atoms with Gasteiger partial charge in [0.1, 0.15) is 24.0 Å². The molecule has 0 radical (unpaired) electrons. The third kappa shape index (κ3) is 5.18. The molecule has 7 atom stereocenters. The highest BCUT2D eigenvalue weighted by molar-refractivity contribution is 7.53. The van der Waals surface area contributed by atoms with Crippen molar-refractivity contribution in [1.82, 2.24) is 9.97 Å². The summed E-state index contributed by atoms with van der Waals surface area (Å²) in [5, 5.41) is 20.6. The fourth-order valence-electron chi connectivity index (χ4n) is 3.44. The van der Waals surface area contributed by atoms with Crippen LogP contribution < -0.4 is 5.69 Å². The summed E-state index contributed by atoms with van der Waals surface area (Å²) in [6, 6.07) is 0. The second-order valence-electron chi connectivity index (χ2n) is 7.50. The molecule has 0 saturated carbocycles. The lowest BCUT2D eigenvalue weighted by Crippen LogP contribution is -2.39. The summed E-state index contributed by atoms with van der Waals surface area (Å²) in [6.07, 6.45) is 3.57. The Bertz CT molecular complexity index is 884. The maximum atomic E-state index is 12.4. The highest BCUT2D eigenvalue weighted by Crippen LogP contribution is 2.53. The van der Waals surface area contributed by atoms with Gasteiger partial charge in [0.05, 0.1) is 11.7 Å². The molecule has 0 aliphatic carbocycles. The number of aromatic amines is 1. The third-order valence-electron chi connectivity index (χ3n) is 5.38. The minimum Gasteiger partial charge on any atom is -0.388 e. The number of H-pyrrole nitrogens is 1. The molecule has 2 heterocycles. The zero-order valence-corrected chi connectivity index (χ0v) is 18.3. The van der Waals surface area contributed by atoms with Crippen molar-refractivity contribution in [1.29, 1.82) is 0 Å². The highest BCUT2D eigenvalue weighted by Gasteiger charge is 2.49. The number of hydrogen-bond acceptors (Lipinski definition) is 8. The van der Waals surface area contributed by atoms with Crippen LogP contribution in [0.5, 0.6) is 0 Å². The van der Waals surface area contributed by atoms with E-state index >= 15 is 0 Å². The Balaban J connectivity index is 2.29. The van der Waals surface area contributed by atoms with Crippen LogP contribution in [0.2, 0.25) is 0 Å². The monoisotopic (exact) mass is 444 g/mol. The first-order valence-corrected chi connectivity index (χ1v) is 11.3. The summed E-state index contributed by atoms with van der Waals surface area (Å²) in [6.45, 7) is 4.93. The second kappa shape index (κ2) is 9.71. The van der Waals surface area contributed by atoms with Crippen molar-refractivity contribution in [3.63, 3.8) is 0 Å². The van der Waals surface area contributed by atoms with E-state index in [0.29, 0.717) is 12.0 Å². The first-order chi connectivity index (χ1) is 14.0. The molecule has 0 amide bonds. The van der Waals surface area contributed by atoms with Crippen LogP contribution in [-0.4, -0.2) is 61.9 Å². The van der Waals surface area contributed by atoms with Gasteiger partial charge in [0.25, 0.3) is 0 Å². The minimum atomic E-state index is -4.30. The minimum absolute atomic E-state index is 0.0458. The molecule has 10 nitrogen and oxygen atoms in total. The van der Waals surface area contributed by atoms with Gasteiger partial charge < -0.3 is 29.1 Å². The number of rotatable bonds is 9. The van der Waals surface area contributed by atoms with Gasteiger partial charge in [-0.2, -0.15) is 0 Å². The van der Waals surface area contributed by atoms with Crippen LogP contribution in [0.3, 0.4) is 0 Å². The molecule has 1 aliphatic rings. The SMILES string of the molecule is C#Cc1[nH]c(=O)ncc1[C@@H]1O[C@H](CC(C)(CC)OP(=O)(O)C(O)CC)C(O)[C@@H]1OC. The van der Waals surface area contributed by atoms with Gasteiger partial charge in [0, 0.05) is 25.3 Å². The van der Waals surface area contributed by atoms with Crippen LogP contribution in [0.25, 0.3) is 0 Å². The van der Waals surface area contributed by atoms with E-state index in [1.807, 2.05) is 0 Å². The predicted octanol–water partition coefficient (Wildman–Crippen LogP) is 1.06. The number of nitrogens with zero attached hydrogens (tertiary/aromatic N) is 1. The molecular weight excluding hydrogens is 415 g/mol. The van der Waals surface area contributed by atoms with E-state index in [-0.39, 0.29) is 18.5 Å². The van der Waals surface area contributed by atoms with Crippen LogP contribution in [0.4, 0.5) is 0 Å². The summed E-state index contributed by atoms with van der Waals surface area (Å²) in [4.78, 5) is 27.7. The van der Waals surface area contributed by atoms with Gasteiger partial charge in [-0.25, -0.2) is 9.78 Å². The summed E-state index contributed by atoms with van der Waals surface area (Å²) in [5.74, 6) is 0.850. The average molecular weight is 444 g/mol. The Labute approximate surface area is 175 Å². The predicted molar refractivity (Wildman–Crippen MR) is 108 cm³/mol. The molecule has 1 aliphatic heterocycles. The van der Waals surface area contributed by atoms with Gasteiger partial charge in [0.15, 0.2) is 5.85 Å². The van der Waals surface area contributed by atoms with Crippen molar-refractivity contribution in [3.8, 4) is 12.3 Å². The largest absolute Gasteiger partial charge is 0.388 e. The average Bonchev–Trinajstić information content (AvgIpc) is 3.01. The Morgan fingerprint density at radius 2 is 2.17 bits per heavy atom. The second-order valence-corrected chi connectivity index (χ2v) is 9.41. The number of terminal acetylenes is 1. The molecular formula is C19H29N2O8P. The molecule has 1 saturated heterocycles. The normalized spacial score (nSPS) is 29.0. The van der Waals surface area contributed by atoms with E-state index in [4.69, 9.17) is 20.4 Å². The van der Waals surface area contributed by atoms with Gasteiger partial charge >= 0.3 is 13.3 Å². The van der Waals surface area contributed by atoms with Crippen LogP contribution >= 0.6 is 7.60 Å². The Kier molecular flexibility index (Phi) is 7.99. The van der Waals surface area contributed by atoms with E-state index in [1.165, 1.54) is 13.3 Å². The Hall–Kier alpha value is -1.57. The Morgan fingerprint density at radius 1 is 1.50 bits per heavy atom. The number of aromatic nitrogens is 2. The molecule has 0 spiro atoms. The van der Waals surface area contributed by atoms with Gasteiger partial charge in [0.2, 0.25) is 0 Å². The van der Waals surface area contributed by atoms with Crippen LogP contribution in [-0.2, 0) is 18.6 Å². The molecule has 2 rings (SSSR count). The fraction of sp³-hybridized carbons (Fsp3) is 0.684. The van der Waals surface area contributed by atoms with E-state index in [0.717, 1.165) is 0 Å². The quantitative estimate of drug-likeness (QED) is 0.324. The summed E-state index contributed by atoms with van der Waals surface area (Å²) >= 11 is 0. The van der Waals surface area contributed by atoms with Crippen LogP contribution in [0.1, 0.15) is 57.4 Å². The molecule has 4 unspecified atom stereocenters. The topological polar surface area (TPSA) is 151 Å². The maximum absolute atomic E-state index is 12.4. The standard InChI is InChI=1S/C19H29N2O8P/c1-6-12-11(10-20-18(24)21-12)16-17(27-5)15(23)13(28-16)9-19(4,8-3)29-30(25,26)14(22)7-2/h1,10,13-17,22-23H,7-9H2,2-5H3,(H,25,26)(H,20,21,24)/t13-,14?,15?,16+,17+,19?/m1/s1. The van der Waals surface area contributed by atoms with Crippen molar-refractivity contribution in [2.45, 2.75) is 75.9 Å². The Morgan fingerprint density at radius 3 is 2.70 bits per heavy atom. The third-order valence-corrected chi connectivity index (χ3v) is 7.20. The van der Waals surface area contributed by atoms with Gasteiger partial charge in [-0.05, 0) is 19.8 Å². The first kappa shape index (κ1) is 24.7. The van der Waals surface area contributed by atoms with Crippen LogP contribution in [0, 0.1) is 12.3 Å². The lowest BCUT2D eigenvalue weighted by molar-refractivity contribution is -0.0495. The molecule has 4 N–H and O–H groups in total. The zero-order valence-electron chi connectivity index (χ0n) is 17.4. The molecule has 168 valence electrons. The maximum Gasteiger partial charge on any atom is 0.356 e. The fourth-order valence-corrected chi connectivity index (χ4v) is 4.86. The number of aliphatic hydroxyl groups excluding tert-OH is 2. The molecule has 1 aromatic heterocycles. The van der Waals surface area contributed by atoms with Crippen molar-refractivity contribution >= 4 is 7.60 Å². The van der Waals surface area contributed by atoms with E-state index < -0.39 is 49.1 Å². The molecule has 0 bridgehead atoms. The van der Waals surface area contributed by atoms with Crippen molar-refractivity contribution in [2.24, 2.45) is 0 Å². The van der Waals surface area contributed by atoms with Gasteiger partial charge in [-0.3, -0.25) is 9.55 Å². The molecule has 1 fully saturated rings. The number of methoxy groups -OCH3 is 1. The van der Waals surface area contributed by atoms with Crippen molar-refractivity contribution in [3.05, 3.63) is 27.9 Å². The smallest absolute Gasteiger partial charge is 0.356 e. The van der Waals surface area contributed by atoms with Crippen molar-refractivity contribution < 1.29 is 33.7 Å². The number of aliphatic hydroxyl groups is 2. The number of nitrogens with one attached hydrogen (secondary N) is 1. The van der Waals surface area contributed by atoms with Gasteiger partial charge in [-0.1, -0.05) is 19.8 Å². The van der Waals surface area contributed by atoms with Crippen molar-refractivity contribution in [2.75, 3.05) is 7.11 Å². The first-order valence-electron chi connectivity index (χ1n) is 9.65. The summed E-state index contributed by atoms with van der Waals surface area (Å²) in [7, 11) is -2.90. The zero-order chi connectivity index (χ0) is 22.7. The lowest BCUT2D eigenvalue weighted by atomic mass is 9.92. The van der Waals surface area contributed by atoms with E-state index in [1.54, 1.807) is 20.8 Å². The summed E-state index contributed by atoms with van der Waals surface area (Å²) < 4.78 is 29.2. The molecule has 11 heteroatoms. The van der Waals surface area contributed by atoms with E-state index in [2.05, 4.69) is 15.9 Å². The number of ether oxygens (including phenoxy) is 2. The van der Waals surface area contributed by atoms with Crippen LogP contribution in [0.15, 0.2) is 11.0 Å². The molecule has 0 aromatic carbocycles. The number of hydrogen-bond donors (Lipinski definition) is 4. The molecule has 1 aromatic rings. The lowest BCUT2D eigenvalue weighted by Gasteiger charge is -2.34. The van der Waals surface area contributed by atoms with E-state index in [9.17, 15) is 24.5 Å². The van der Waals surface area contributed by atoms with Gasteiger partial charge in [-0.15, -0.1) is 6.42 Å².